The van der Waals surface area contributed by atoms with E-state index >= 15 is 0 Å². The van der Waals surface area contributed by atoms with Crippen molar-refractivity contribution >= 4 is 39.1 Å². The third kappa shape index (κ3) is 3.48. The maximum absolute atomic E-state index is 12.8. The molecule has 0 heterocycles. The minimum Gasteiger partial charge on any atom is -0.487 e. The Labute approximate surface area is 99.6 Å². The van der Waals surface area contributed by atoms with Crippen LogP contribution in [0.4, 0.5) is 4.39 Å². The number of hydrogen-bond acceptors (Lipinski definition) is 1. The van der Waals surface area contributed by atoms with Crippen LogP contribution in [0.5, 0.6) is 5.75 Å². The second-order valence-electron chi connectivity index (χ2n) is 2.42. The fraction of sp³-hybridized carbons (Fsp3) is 0.111. The van der Waals surface area contributed by atoms with Crippen molar-refractivity contribution in [3.8, 4) is 5.75 Å². The molecule has 1 aromatic carbocycles. The highest BCUT2D eigenvalue weighted by atomic mass is 79.9. The molecule has 0 atom stereocenters. The second-order valence-corrected chi connectivity index (χ2v) is 3.98. The van der Waals surface area contributed by atoms with Gasteiger partial charge in [-0.15, -0.1) is 0 Å². The summed E-state index contributed by atoms with van der Waals surface area (Å²) in [6, 6.07) is 4.15. The molecule has 0 bridgehead atoms. The lowest BCUT2D eigenvalue weighted by molar-refractivity contribution is 0.355. The summed E-state index contributed by atoms with van der Waals surface area (Å²) in [5.41, 5.74) is 1.20. The monoisotopic (exact) mass is 298 g/mol. The van der Waals surface area contributed by atoms with Gasteiger partial charge in [0, 0.05) is 11.6 Å². The lowest BCUT2D eigenvalue weighted by Gasteiger charge is -2.06. The van der Waals surface area contributed by atoms with Gasteiger partial charge < -0.3 is 4.74 Å². The molecule has 0 saturated heterocycles. The minimum atomic E-state index is -0.367. The SMILES string of the molecule is Fc1ccc(Br)c(OC/C(Cl)=C/Cl)c1. The molecular weight excluding hydrogens is 294 g/mol. The van der Waals surface area contributed by atoms with Gasteiger partial charge >= 0.3 is 0 Å². The summed E-state index contributed by atoms with van der Waals surface area (Å²) in [6.45, 7) is 0.118. The lowest BCUT2D eigenvalue weighted by atomic mass is 10.3. The van der Waals surface area contributed by atoms with Gasteiger partial charge in [-0.25, -0.2) is 4.39 Å². The lowest BCUT2D eigenvalue weighted by Crippen LogP contribution is -1.97. The zero-order valence-corrected chi connectivity index (χ0v) is 10.0. The Hall–Kier alpha value is -0.250. The standard InChI is InChI=1S/C9H6BrCl2FO/c10-8-2-1-7(13)3-9(8)14-5-6(12)4-11/h1-4H,5H2/b6-4-. The summed E-state index contributed by atoms with van der Waals surface area (Å²) in [7, 11) is 0. The molecule has 0 fully saturated rings. The Bertz CT molecular complexity index is 355. The first-order valence-corrected chi connectivity index (χ1v) is 5.27. The van der Waals surface area contributed by atoms with Crippen molar-refractivity contribution in [3.05, 3.63) is 39.1 Å². The third-order valence-electron chi connectivity index (χ3n) is 1.38. The van der Waals surface area contributed by atoms with Gasteiger partial charge in [0.15, 0.2) is 0 Å². The largest absolute Gasteiger partial charge is 0.487 e. The van der Waals surface area contributed by atoms with Crippen molar-refractivity contribution in [2.24, 2.45) is 0 Å². The van der Waals surface area contributed by atoms with Crippen LogP contribution in [0.25, 0.3) is 0 Å². The Morgan fingerprint density at radius 2 is 2.29 bits per heavy atom. The maximum atomic E-state index is 12.8. The minimum absolute atomic E-state index is 0.118. The topological polar surface area (TPSA) is 9.23 Å². The highest BCUT2D eigenvalue weighted by Gasteiger charge is 2.03. The number of hydrogen-bond donors (Lipinski definition) is 0. The zero-order valence-electron chi connectivity index (χ0n) is 6.94. The molecule has 1 aromatic rings. The van der Waals surface area contributed by atoms with E-state index in [0.29, 0.717) is 15.3 Å². The Morgan fingerprint density at radius 3 is 2.93 bits per heavy atom. The molecule has 0 saturated carbocycles. The third-order valence-corrected chi connectivity index (χ3v) is 2.63. The fourth-order valence-electron chi connectivity index (χ4n) is 0.766. The van der Waals surface area contributed by atoms with E-state index in [4.69, 9.17) is 27.9 Å². The van der Waals surface area contributed by atoms with Crippen LogP contribution >= 0.6 is 39.1 Å². The van der Waals surface area contributed by atoms with Gasteiger partial charge in [-0.2, -0.15) is 0 Å². The van der Waals surface area contributed by atoms with Gasteiger partial charge in [0.2, 0.25) is 0 Å². The molecule has 0 aliphatic rings. The number of benzene rings is 1. The van der Waals surface area contributed by atoms with E-state index in [1.54, 1.807) is 6.07 Å². The predicted molar refractivity (Wildman–Crippen MR) is 59.4 cm³/mol. The smallest absolute Gasteiger partial charge is 0.136 e. The van der Waals surface area contributed by atoms with Crippen molar-refractivity contribution in [2.45, 2.75) is 0 Å². The quantitative estimate of drug-likeness (QED) is 0.809. The highest BCUT2D eigenvalue weighted by Crippen LogP contribution is 2.26. The predicted octanol–water partition coefficient (Wildman–Crippen LogP) is 4.29. The molecule has 0 aliphatic heterocycles. The van der Waals surface area contributed by atoms with E-state index in [2.05, 4.69) is 15.9 Å². The van der Waals surface area contributed by atoms with E-state index in [1.165, 1.54) is 17.7 Å². The fourth-order valence-corrected chi connectivity index (χ4v) is 1.24. The van der Waals surface area contributed by atoms with E-state index < -0.39 is 0 Å². The summed E-state index contributed by atoms with van der Waals surface area (Å²) >= 11 is 14.1. The molecule has 0 spiro atoms. The summed E-state index contributed by atoms with van der Waals surface area (Å²) in [5.74, 6) is 0.0239. The first-order chi connectivity index (χ1) is 6.63. The summed E-state index contributed by atoms with van der Waals surface area (Å²) < 4.78 is 18.6. The van der Waals surface area contributed by atoms with Gasteiger partial charge in [-0.1, -0.05) is 23.2 Å². The average molecular weight is 300 g/mol. The van der Waals surface area contributed by atoms with Crippen molar-refractivity contribution in [2.75, 3.05) is 6.61 Å². The van der Waals surface area contributed by atoms with Gasteiger partial charge in [-0.05, 0) is 28.1 Å². The number of halogens is 4. The summed E-state index contributed by atoms with van der Waals surface area (Å²) in [6.07, 6.45) is 0. The van der Waals surface area contributed by atoms with Gasteiger partial charge in [0.1, 0.15) is 18.2 Å². The highest BCUT2D eigenvalue weighted by molar-refractivity contribution is 9.10. The number of rotatable bonds is 3. The molecular formula is C9H6BrCl2FO. The van der Waals surface area contributed by atoms with Gasteiger partial charge in [-0.3, -0.25) is 0 Å². The molecule has 1 nitrogen and oxygen atoms in total. The Kier molecular flexibility index (Phi) is 4.72. The van der Waals surface area contributed by atoms with E-state index in [0.717, 1.165) is 0 Å². The van der Waals surface area contributed by atoms with E-state index in [-0.39, 0.29) is 12.4 Å². The zero-order chi connectivity index (χ0) is 10.6. The normalized spacial score (nSPS) is 11.6. The van der Waals surface area contributed by atoms with Crippen LogP contribution in [0.1, 0.15) is 0 Å². The van der Waals surface area contributed by atoms with Crippen molar-refractivity contribution in [1.29, 1.82) is 0 Å². The van der Waals surface area contributed by atoms with Crippen LogP contribution in [0, 0.1) is 5.82 Å². The maximum Gasteiger partial charge on any atom is 0.136 e. The molecule has 0 N–H and O–H groups in total. The van der Waals surface area contributed by atoms with Crippen molar-refractivity contribution < 1.29 is 9.13 Å². The van der Waals surface area contributed by atoms with Crippen LogP contribution in [0.2, 0.25) is 0 Å². The molecule has 0 radical (unpaired) electrons. The Balaban J connectivity index is 2.71. The summed E-state index contributed by atoms with van der Waals surface area (Å²) in [5, 5.41) is 0.350. The van der Waals surface area contributed by atoms with Crippen LogP contribution in [0.3, 0.4) is 0 Å². The molecule has 1 rings (SSSR count). The van der Waals surface area contributed by atoms with Crippen LogP contribution in [-0.2, 0) is 0 Å². The summed E-state index contributed by atoms with van der Waals surface area (Å²) in [4.78, 5) is 0. The van der Waals surface area contributed by atoms with Crippen LogP contribution in [-0.4, -0.2) is 6.61 Å². The van der Waals surface area contributed by atoms with E-state index in [9.17, 15) is 4.39 Å². The average Bonchev–Trinajstić information content (AvgIpc) is 2.19. The van der Waals surface area contributed by atoms with Gasteiger partial charge in [0.05, 0.1) is 9.51 Å². The Morgan fingerprint density at radius 1 is 1.57 bits per heavy atom. The van der Waals surface area contributed by atoms with Crippen molar-refractivity contribution in [3.63, 3.8) is 0 Å². The molecule has 76 valence electrons. The molecule has 0 unspecified atom stereocenters. The molecule has 5 heteroatoms. The first kappa shape index (κ1) is 11.8. The number of ether oxygens (including phenoxy) is 1. The van der Waals surface area contributed by atoms with E-state index in [1.807, 2.05) is 0 Å². The van der Waals surface area contributed by atoms with Crippen molar-refractivity contribution in [1.82, 2.24) is 0 Å². The molecule has 0 aromatic heterocycles. The first-order valence-electron chi connectivity index (χ1n) is 3.66. The molecule has 0 amide bonds. The van der Waals surface area contributed by atoms with Gasteiger partial charge in [0.25, 0.3) is 0 Å². The molecule has 14 heavy (non-hydrogen) atoms. The second kappa shape index (κ2) is 5.59. The molecule has 0 aliphatic carbocycles. The van der Waals surface area contributed by atoms with Crippen LogP contribution in [0.15, 0.2) is 33.2 Å². The van der Waals surface area contributed by atoms with Crippen LogP contribution < -0.4 is 4.74 Å².